The van der Waals surface area contributed by atoms with Crippen LogP contribution in [0.5, 0.6) is 0 Å². The molecule has 0 fully saturated rings. The SMILES string of the molecule is C[C@@H](N[C@@H]1CCCc2c1[nH]c1ccc(Br)cc21)c1ccc(F)cc1. The average Bonchev–Trinajstić information content (AvgIpc) is 2.94. The van der Waals surface area contributed by atoms with Crippen LogP contribution in [-0.4, -0.2) is 4.98 Å². The molecule has 0 saturated heterocycles. The van der Waals surface area contributed by atoms with E-state index in [0.717, 1.165) is 22.9 Å². The van der Waals surface area contributed by atoms with Gasteiger partial charge in [-0.3, -0.25) is 0 Å². The predicted octanol–water partition coefficient (Wildman–Crippen LogP) is 5.80. The summed E-state index contributed by atoms with van der Waals surface area (Å²) < 4.78 is 14.2. The van der Waals surface area contributed by atoms with E-state index >= 15 is 0 Å². The van der Waals surface area contributed by atoms with E-state index < -0.39 is 0 Å². The standard InChI is InChI=1S/C20H20BrFN2/c1-12(13-5-8-15(22)9-6-13)23-19-4-2-3-16-17-11-14(21)7-10-18(17)24-20(16)19/h5-12,19,23-24H,2-4H2,1H3/t12-,19-/m1/s1. The van der Waals surface area contributed by atoms with E-state index in [1.165, 1.54) is 40.7 Å². The fourth-order valence-corrected chi connectivity index (χ4v) is 4.11. The van der Waals surface area contributed by atoms with Crippen LogP contribution >= 0.6 is 15.9 Å². The number of benzene rings is 2. The fourth-order valence-electron chi connectivity index (χ4n) is 3.75. The molecular formula is C20H20BrFN2. The molecule has 4 rings (SSSR count). The quantitative estimate of drug-likeness (QED) is 0.584. The van der Waals surface area contributed by atoms with Gasteiger partial charge in [0.1, 0.15) is 5.82 Å². The van der Waals surface area contributed by atoms with Crippen molar-refractivity contribution in [3.8, 4) is 0 Å². The van der Waals surface area contributed by atoms with Crippen LogP contribution in [0.2, 0.25) is 0 Å². The van der Waals surface area contributed by atoms with Crippen LogP contribution < -0.4 is 5.32 Å². The maximum Gasteiger partial charge on any atom is 0.123 e. The van der Waals surface area contributed by atoms with Crippen molar-refractivity contribution in [1.82, 2.24) is 10.3 Å². The normalized spacial score (nSPS) is 18.5. The van der Waals surface area contributed by atoms with E-state index in [9.17, 15) is 4.39 Å². The van der Waals surface area contributed by atoms with Gasteiger partial charge >= 0.3 is 0 Å². The minimum atomic E-state index is -0.188. The number of fused-ring (bicyclic) bond motifs is 3. The molecule has 0 radical (unpaired) electrons. The molecule has 1 aliphatic rings. The molecule has 24 heavy (non-hydrogen) atoms. The maximum absolute atomic E-state index is 13.1. The summed E-state index contributed by atoms with van der Waals surface area (Å²) in [6.45, 7) is 2.14. The number of halogens is 2. The third-order valence-corrected chi connectivity index (χ3v) is 5.48. The van der Waals surface area contributed by atoms with E-state index in [1.54, 1.807) is 0 Å². The van der Waals surface area contributed by atoms with Gasteiger partial charge in [0, 0.05) is 33.2 Å². The second kappa shape index (κ2) is 6.34. The molecule has 0 unspecified atom stereocenters. The predicted molar refractivity (Wildman–Crippen MR) is 99.6 cm³/mol. The molecule has 124 valence electrons. The largest absolute Gasteiger partial charge is 0.357 e. The van der Waals surface area contributed by atoms with Crippen molar-refractivity contribution in [3.05, 3.63) is 69.6 Å². The van der Waals surface area contributed by atoms with Crippen LogP contribution in [0.3, 0.4) is 0 Å². The molecule has 1 aromatic heterocycles. The molecule has 0 saturated carbocycles. The highest BCUT2D eigenvalue weighted by Crippen LogP contribution is 2.36. The monoisotopic (exact) mass is 386 g/mol. The van der Waals surface area contributed by atoms with Crippen LogP contribution in [0.15, 0.2) is 46.9 Å². The van der Waals surface area contributed by atoms with E-state index in [0.29, 0.717) is 6.04 Å². The lowest BCUT2D eigenvalue weighted by Gasteiger charge is -2.27. The molecule has 1 aliphatic carbocycles. The molecular weight excluding hydrogens is 367 g/mol. The van der Waals surface area contributed by atoms with E-state index in [-0.39, 0.29) is 11.9 Å². The maximum atomic E-state index is 13.1. The zero-order valence-corrected chi connectivity index (χ0v) is 15.2. The zero-order chi connectivity index (χ0) is 16.7. The zero-order valence-electron chi connectivity index (χ0n) is 13.6. The van der Waals surface area contributed by atoms with E-state index in [2.05, 4.69) is 51.4 Å². The summed E-state index contributed by atoms with van der Waals surface area (Å²) in [7, 11) is 0. The van der Waals surface area contributed by atoms with Crippen molar-refractivity contribution in [1.29, 1.82) is 0 Å². The van der Waals surface area contributed by atoms with Crippen molar-refractivity contribution in [2.45, 2.75) is 38.3 Å². The number of hydrogen-bond acceptors (Lipinski definition) is 1. The molecule has 0 aliphatic heterocycles. The Bertz CT molecular complexity index is 869. The number of rotatable bonds is 3. The summed E-state index contributed by atoms with van der Waals surface area (Å²) in [5.41, 5.74) is 5.05. The Morgan fingerprint density at radius 3 is 2.79 bits per heavy atom. The van der Waals surface area contributed by atoms with E-state index in [1.807, 2.05) is 12.1 Å². The molecule has 0 amide bonds. The first-order valence-electron chi connectivity index (χ1n) is 8.43. The third kappa shape index (κ3) is 2.89. The van der Waals surface area contributed by atoms with Crippen molar-refractivity contribution in [2.75, 3.05) is 0 Å². The van der Waals surface area contributed by atoms with Gasteiger partial charge in [0.15, 0.2) is 0 Å². The molecule has 2 nitrogen and oxygen atoms in total. The molecule has 0 spiro atoms. The minimum absolute atomic E-state index is 0.180. The molecule has 2 atom stereocenters. The first-order valence-corrected chi connectivity index (χ1v) is 9.22. The van der Waals surface area contributed by atoms with Crippen molar-refractivity contribution >= 4 is 26.8 Å². The minimum Gasteiger partial charge on any atom is -0.357 e. The Morgan fingerprint density at radius 1 is 1.21 bits per heavy atom. The Morgan fingerprint density at radius 2 is 2.00 bits per heavy atom. The smallest absolute Gasteiger partial charge is 0.123 e. The number of nitrogens with one attached hydrogen (secondary N) is 2. The van der Waals surface area contributed by atoms with Gasteiger partial charge in [-0.15, -0.1) is 0 Å². The lowest BCUT2D eigenvalue weighted by atomic mass is 9.91. The first kappa shape index (κ1) is 15.9. The highest BCUT2D eigenvalue weighted by molar-refractivity contribution is 9.10. The first-order chi connectivity index (χ1) is 11.6. The number of aromatic nitrogens is 1. The van der Waals surface area contributed by atoms with Gasteiger partial charge in [0.05, 0.1) is 0 Å². The van der Waals surface area contributed by atoms with Crippen LogP contribution in [0.25, 0.3) is 10.9 Å². The molecule has 3 aromatic rings. The van der Waals surface area contributed by atoms with Crippen molar-refractivity contribution in [3.63, 3.8) is 0 Å². The van der Waals surface area contributed by atoms with Crippen molar-refractivity contribution < 1.29 is 4.39 Å². The van der Waals surface area contributed by atoms with Crippen LogP contribution in [-0.2, 0) is 6.42 Å². The highest BCUT2D eigenvalue weighted by Gasteiger charge is 2.25. The Hall–Kier alpha value is -1.65. The second-order valence-corrected chi connectivity index (χ2v) is 7.51. The Labute approximate surface area is 149 Å². The van der Waals surface area contributed by atoms with Gasteiger partial charge in [0.25, 0.3) is 0 Å². The van der Waals surface area contributed by atoms with Gasteiger partial charge in [0.2, 0.25) is 0 Å². The second-order valence-electron chi connectivity index (χ2n) is 6.59. The van der Waals surface area contributed by atoms with Crippen LogP contribution in [0.4, 0.5) is 4.39 Å². The van der Waals surface area contributed by atoms with Crippen molar-refractivity contribution in [2.24, 2.45) is 0 Å². The van der Waals surface area contributed by atoms with Gasteiger partial charge < -0.3 is 10.3 Å². The number of aryl methyl sites for hydroxylation is 1. The summed E-state index contributed by atoms with van der Waals surface area (Å²) in [5.74, 6) is -0.188. The molecule has 0 bridgehead atoms. The van der Waals surface area contributed by atoms with Crippen LogP contribution in [0, 0.1) is 5.82 Å². The topological polar surface area (TPSA) is 27.8 Å². The average molecular weight is 387 g/mol. The van der Waals surface area contributed by atoms with Gasteiger partial charge in [-0.2, -0.15) is 0 Å². The fraction of sp³-hybridized carbons (Fsp3) is 0.300. The number of aromatic amines is 1. The molecule has 4 heteroatoms. The molecule has 2 aromatic carbocycles. The summed E-state index contributed by atoms with van der Waals surface area (Å²) in [4.78, 5) is 3.62. The number of H-pyrrole nitrogens is 1. The Kier molecular flexibility index (Phi) is 4.19. The number of hydrogen-bond donors (Lipinski definition) is 2. The summed E-state index contributed by atoms with van der Waals surface area (Å²) in [5, 5.41) is 5.04. The van der Waals surface area contributed by atoms with Gasteiger partial charge in [-0.1, -0.05) is 28.1 Å². The summed E-state index contributed by atoms with van der Waals surface area (Å²) in [6.07, 6.45) is 3.42. The van der Waals surface area contributed by atoms with Gasteiger partial charge in [-0.05, 0) is 67.6 Å². The molecule has 1 heterocycles. The Balaban J connectivity index is 1.64. The molecule has 2 N–H and O–H groups in total. The lowest BCUT2D eigenvalue weighted by molar-refractivity contribution is 0.410. The van der Waals surface area contributed by atoms with E-state index in [4.69, 9.17) is 0 Å². The van der Waals surface area contributed by atoms with Gasteiger partial charge in [-0.25, -0.2) is 4.39 Å². The van der Waals surface area contributed by atoms with Crippen LogP contribution in [0.1, 0.15) is 48.7 Å². The third-order valence-electron chi connectivity index (χ3n) is 4.99. The highest BCUT2D eigenvalue weighted by atomic mass is 79.9. The lowest BCUT2D eigenvalue weighted by Crippen LogP contribution is -2.27. The summed E-state index contributed by atoms with van der Waals surface area (Å²) in [6, 6.07) is 13.7. The summed E-state index contributed by atoms with van der Waals surface area (Å²) >= 11 is 3.58.